The maximum atomic E-state index is 12.1. The summed E-state index contributed by atoms with van der Waals surface area (Å²) in [6.45, 7) is 0. The molecule has 0 bridgehead atoms. The van der Waals surface area contributed by atoms with E-state index in [-0.39, 0.29) is 18.0 Å². The largest absolute Gasteiger partial charge is 0.481 e. The minimum absolute atomic E-state index is 0.0850. The summed E-state index contributed by atoms with van der Waals surface area (Å²) in [6, 6.07) is 3.52. The summed E-state index contributed by atoms with van der Waals surface area (Å²) in [5.41, 5.74) is 0.877. The third-order valence-electron chi connectivity index (χ3n) is 3.94. The van der Waals surface area contributed by atoms with Gasteiger partial charge in [0.2, 0.25) is 5.91 Å². The van der Waals surface area contributed by atoms with Crippen molar-refractivity contribution in [3.05, 3.63) is 30.1 Å². The highest BCUT2D eigenvalue weighted by atomic mass is 16.4. The summed E-state index contributed by atoms with van der Waals surface area (Å²) >= 11 is 0. The van der Waals surface area contributed by atoms with Gasteiger partial charge in [-0.1, -0.05) is 0 Å². The predicted molar refractivity (Wildman–Crippen MR) is 67.2 cm³/mol. The van der Waals surface area contributed by atoms with Crippen molar-refractivity contribution in [3.63, 3.8) is 0 Å². The third-order valence-corrected chi connectivity index (χ3v) is 3.94. The third kappa shape index (κ3) is 2.20. The van der Waals surface area contributed by atoms with Crippen molar-refractivity contribution >= 4 is 11.9 Å². The molecular weight excluding hydrogens is 244 g/mol. The van der Waals surface area contributed by atoms with Gasteiger partial charge in [-0.25, -0.2) is 0 Å². The molecule has 1 aliphatic carbocycles. The Kier molecular flexibility index (Phi) is 2.97. The summed E-state index contributed by atoms with van der Waals surface area (Å²) in [4.78, 5) is 29.4. The zero-order valence-electron chi connectivity index (χ0n) is 10.5. The van der Waals surface area contributed by atoms with Gasteiger partial charge in [-0.3, -0.25) is 14.6 Å². The number of pyridine rings is 1. The molecule has 0 spiro atoms. The van der Waals surface area contributed by atoms with Crippen LogP contribution in [0.4, 0.5) is 0 Å². The van der Waals surface area contributed by atoms with Gasteiger partial charge in [0.05, 0.1) is 12.0 Å². The van der Waals surface area contributed by atoms with Crippen LogP contribution in [0.25, 0.3) is 0 Å². The van der Waals surface area contributed by atoms with Crippen molar-refractivity contribution in [1.82, 2.24) is 9.88 Å². The van der Waals surface area contributed by atoms with Crippen LogP contribution >= 0.6 is 0 Å². The van der Waals surface area contributed by atoms with E-state index in [1.54, 1.807) is 17.3 Å². The maximum absolute atomic E-state index is 12.1. The number of aliphatic carboxylic acids is 1. The van der Waals surface area contributed by atoms with Crippen LogP contribution in [0.3, 0.4) is 0 Å². The number of rotatable bonds is 3. The van der Waals surface area contributed by atoms with Gasteiger partial charge in [0.15, 0.2) is 0 Å². The standard InChI is InChI=1S/C14H16N2O3/c17-12-4-3-11(14(18)19)13(16(12)10-1-2-10)9-5-7-15-8-6-9/h5-8,10-11,13H,1-4H2,(H,18,19)/t11-,13+/m1/s1. The summed E-state index contributed by atoms with van der Waals surface area (Å²) in [6.07, 6.45) is 6.04. The Balaban J connectivity index is 2.00. The van der Waals surface area contributed by atoms with Crippen molar-refractivity contribution in [2.45, 2.75) is 37.8 Å². The number of carboxylic acids is 1. The quantitative estimate of drug-likeness (QED) is 0.896. The van der Waals surface area contributed by atoms with Gasteiger partial charge < -0.3 is 10.0 Å². The molecule has 0 radical (unpaired) electrons. The zero-order valence-corrected chi connectivity index (χ0v) is 10.5. The van der Waals surface area contributed by atoms with Crippen LogP contribution in [0.5, 0.6) is 0 Å². The second-order valence-corrected chi connectivity index (χ2v) is 5.24. The molecule has 1 aromatic heterocycles. The Morgan fingerprint density at radius 3 is 2.53 bits per heavy atom. The lowest BCUT2D eigenvalue weighted by Crippen LogP contribution is -2.46. The number of hydrogen-bond donors (Lipinski definition) is 1. The Bertz CT molecular complexity index is 499. The van der Waals surface area contributed by atoms with E-state index in [9.17, 15) is 14.7 Å². The van der Waals surface area contributed by atoms with Gasteiger partial charge in [0, 0.05) is 24.9 Å². The van der Waals surface area contributed by atoms with Crippen molar-refractivity contribution in [2.24, 2.45) is 5.92 Å². The molecule has 1 aromatic rings. The fourth-order valence-corrected chi connectivity index (χ4v) is 2.91. The van der Waals surface area contributed by atoms with E-state index in [4.69, 9.17) is 0 Å². The first-order valence-electron chi connectivity index (χ1n) is 6.62. The highest BCUT2D eigenvalue weighted by Gasteiger charge is 2.46. The van der Waals surface area contributed by atoms with Crippen LogP contribution in [0.15, 0.2) is 24.5 Å². The van der Waals surface area contributed by atoms with Crippen LogP contribution in [-0.2, 0) is 9.59 Å². The fraction of sp³-hybridized carbons (Fsp3) is 0.500. The van der Waals surface area contributed by atoms with E-state index < -0.39 is 11.9 Å². The van der Waals surface area contributed by atoms with Crippen LogP contribution in [-0.4, -0.2) is 32.9 Å². The van der Waals surface area contributed by atoms with Crippen LogP contribution in [0, 0.1) is 5.92 Å². The van der Waals surface area contributed by atoms with E-state index in [0.29, 0.717) is 12.8 Å². The zero-order chi connectivity index (χ0) is 13.4. The number of carbonyl (C=O) groups excluding carboxylic acids is 1. The molecule has 2 aliphatic rings. The van der Waals surface area contributed by atoms with Crippen molar-refractivity contribution in [1.29, 1.82) is 0 Å². The van der Waals surface area contributed by atoms with E-state index in [2.05, 4.69) is 4.98 Å². The van der Waals surface area contributed by atoms with E-state index >= 15 is 0 Å². The lowest BCUT2D eigenvalue weighted by molar-refractivity contribution is -0.152. The minimum Gasteiger partial charge on any atom is -0.481 e. The molecule has 2 heterocycles. The molecule has 1 saturated heterocycles. The fourth-order valence-electron chi connectivity index (χ4n) is 2.91. The van der Waals surface area contributed by atoms with Gasteiger partial charge in [-0.15, -0.1) is 0 Å². The summed E-state index contributed by atoms with van der Waals surface area (Å²) < 4.78 is 0. The molecule has 19 heavy (non-hydrogen) atoms. The SMILES string of the molecule is O=C(O)[C@@H]1CCC(=O)N(C2CC2)[C@H]1c1ccncc1. The lowest BCUT2D eigenvalue weighted by Gasteiger charge is -2.40. The monoisotopic (exact) mass is 260 g/mol. The first-order chi connectivity index (χ1) is 9.18. The normalized spacial score (nSPS) is 27.4. The molecule has 2 atom stereocenters. The highest BCUT2D eigenvalue weighted by molar-refractivity contribution is 5.82. The maximum Gasteiger partial charge on any atom is 0.308 e. The highest BCUT2D eigenvalue weighted by Crippen LogP contribution is 2.43. The second-order valence-electron chi connectivity index (χ2n) is 5.24. The molecule has 5 heteroatoms. The second kappa shape index (κ2) is 4.64. The van der Waals surface area contributed by atoms with E-state index in [1.807, 2.05) is 12.1 Å². The van der Waals surface area contributed by atoms with Crippen molar-refractivity contribution in [3.8, 4) is 0 Å². The minimum atomic E-state index is -0.819. The molecule has 2 fully saturated rings. The van der Waals surface area contributed by atoms with Gasteiger partial charge in [0.25, 0.3) is 0 Å². The van der Waals surface area contributed by atoms with Crippen molar-refractivity contribution in [2.75, 3.05) is 0 Å². The van der Waals surface area contributed by atoms with Crippen molar-refractivity contribution < 1.29 is 14.7 Å². The summed E-state index contributed by atoms with van der Waals surface area (Å²) in [7, 11) is 0. The topological polar surface area (TPSA) is 70.5 Å². The molecular formula is C14H16N2O3. The molecule has 1 N–H and O–H groups in total. The number of aromatic nitrogens is 1. The summed E-state index contributed by atoms with van der Waals surface area (Å²) in [5, 5.41) is 9.42. The van der Waals surface area contributed by atoms with E-state index in [0.717, 1.165) is 18.4 Å². The Labute approximate surface area is 111 Å². The molecule has 3 rings (SSSR count). The lowest BCUT2D eigenvalue weighted by atomic mass is 9.84. The van der Waals surface area contributed by atoms with E-state index in [1.165, 1.54) is 0 Å². The Morgan fingerprint density at radius 1 is 1.26 bits per heavy atom. The smallest absolute Gasteiger partial charge is 0.308 e. The molecule has 100 valence electrons. The number of nitrogens with zero attached hydrogens (tertiary/aromatic N) is 2. The number of piperidine rings is 1. The van der Waals surface area contributed by atoms with Crippen LogP contribution in [0.1, 0.15) is 37.3 Å². The van der Waals surface area contributed by atoms with Gasteiger partial charge in [-0.05, 0) is 37.0 Å². The number of carbonyl (C=O) groups is 2. The van der Waals surface area contributed by atoms with Gasteiger partial charge >= 0.3 is 5.97 Å². The first kappa shape index (κ1) is 12.1. The van der Waals surface area contributed by atoms with Gasteiger partial charge in [0.1, 0.15) is 0 Å². The number of hydrogen-bond acceptors (Lipinski definition) is 3. The summed E-state index contributed by atoms with van der Waals surface area (Å²) in [5.74, 6) is -1.25. The first-order valence-corrected chi connectivity index (χ1v) is 6.62. The molecule has 1 aliphatic heterocycles. The average molecular weight is 260 g/mol. The molecule has 1 saturated carbocycles. The van der Waals surface area contributed by atoms with Gasteiger partial charge in [-0.2, -0.15) is 0 Å². The van der Waals surface area contributed by atoms with Crippen LogP contribution < -0.4 is 0 Å². The molecule has 5 nitrogen and oxygen atoms in total. The molecule has 0 aromatic carbocycles. The predicted octanol–water partition coefficient (Wildman–Crippen LogP) is 1.61. The number of amides is 1. The molecule has 0 unspecified atom stereocenters. The molecule has 1 amide bonds. The Hall–Kier alpha value is -1.91. The number of likely N-dealkylation sites (tertiary alicyclic amines) is 1. The van der Waals surface area contributed by atoms with Crippen LogP contribution in [0.2, 0.25) is 0 Å². The average Bonchev–Trinajstić information content (AvgIpc) is 3.23. The Morgan fingerprint density at radius 2 is 1.95 bits per heavy atom. The number of carboxylic acid groups (broad SMARTS) is 1.